The van der Waals surface area contributed by atoms with E-state index in [0.29, 0.717) is 0 Å². The summed E-state index contributed by atoms with van der Waals surface area (Å²) in [4.78, 5) is 31.0. The van der Waals surface area contributed by atoms with Crippen molar-refractivity contribution in [3.63, 3.8) is 0 Å². The van der Waals surface area contributed by atoms with E-state index in [1.807, 2.05) is 18.1 Å². The zero-order chi connectivity index (χ0) is 14.1. The Morgan fingerprint density at radius 3 is 1.44 bits per heavy atom. The smallest absolute Gasteiger partial charge is 0.282 e. The van der Waals surface area contributed by atoms with Crippen molar-refractivity contribution in [1.29, 1.82) is 0 Å². The van der Waals surface area contributed by atoms with Crippen molar-refractivity contribution in [2.45, 2.75) is 6.92 Å². The van der Waals surface area contributed by atoms with Crippen LogP contribution in [0.1, 0.15) is 5.69 Å². The standard InChI is InChI=1S/C5H7NS.4CHO.Os/c1-5-3-7-4-6(5)2;4*1-2;/h3H,1-2H3;4*1H;/q;4*-1;. The molecule has 16 heavy (non-hydrogen) atoms. The molecule has 0 unspecified atom stereocenters. The Morgan fingerprint density at radius 2 is 1.38 bits per heavy atom. The SMILES string of the molecule is Cc1cs[c](=[Os])n1C.[CH-]=O.[CH-]=O.[CH-]=O.[CH-]=O. The van der Waals surface area contributed by atoms with Gasteiger partial charge in [0, 0.05) is 0 Å². The van der Waals surface area contributed by atoms with Crippen LogP contribution in [0.3, 0.4) is 0 Å². The first-order chi connectivity index (χ1) is 7.72. The molecule has 7 heteroatoms. The second-order valence-electron chi connectivity index (χ2n) is 1.68. The summed E-state index contributed by atoms with van der Waals surface area (Å²) in [5, 5.41) is 2.17. The normalized spacial score (nSPS) is 5.94. The predicted molar refractivity (Wildman–Crippen MR) is 58.3 cm³/mol. The number of thiazole rings is 1. The molecule has 1 heterocycles. The van der Waals surface area contributed by atoms with Crippen LogP contribution in [0.4, 0.5) is 0 Å². The number of nitrogens with zero attached hydrogens (tertiary/aromatic N) is 1. The van der Waals surface area contributed by atoms with E-state index in [4.69, 9.17) is 19.2 Å². The zero-order valence-corrected chi connectivity index (χ0v) is 12.1. The van der Waals surface area contributed by atoms with Crippen LogP contribution < -0.4 is 0 Å². The molecule has 5 nitrogen and oxygen atoms in total. The summed E-state index contributed by atoms with van der Waals surface area (Å²) >= 11 is 3.74. The molecule has 1 rings (SSSR count). The van der Waals surface area contributed by atoms with E-state index in [-0.39, 0.29) is 0 Å². The molecule has 0 aliphatic rings. The van der Waals surface area contributed by atoms with Crippen molar-refractivity contribution < 1.29 is 37.3 Å². The Morgan fingerprint density at radius 1 is 1.06 bits per heavy atom. The second-order valence-corrected chi connectivity index (χ2v) is 4.60. The van der Waals surface area contributed by atoms with E-state index in [1.54, 1.807) is 11.3 Å². The van der Waals surface area contributed by atoms with Gasteiger partial charge in [0.1, 0.15) is 0 Å². The summed E-state index contributed by atoms with van der Waals surface area (Å²) in [6.07, 6.45) is 0. The van der Waals surface area contributed by atoms with Crippen molar-refractivity contribution >= 4 is 38.5 Å². The van der Waals surface area contributed by atoms with Crippen molar-refractivity contribution in [1.82, 2.24) is 4.57 Å². The van der Waals surface area contributed by atoms with Crippen LogP contribution in [0.25, 0.3) is 0 Å². The summed E-state index contributed by atoms with van der Waals surface area (Å²) in [5.41, 5.74) is 1.35. The molecule has 0 saturated heterocycles. The van der Waals surface area contributed by atoms with Crippen LogP contribution in [-0.4, -0.2) is 31.7 Å². The largest absolute Gasteiger partial charge is 0.545 e. The van der Waals surface area contributed by atoms with Gasteiger partial charge in [0.25, 0.3) is 0 Å². The third kappa shape index (κ3) is 12.9. The zero-order valence-electron chi connectivity index (χ0n) is 8.73. The van der Waals surface area contributed by atoms with E-state index >= 15 is 0 Å². The summed E-state index contributed by atoms with van der Waals surface area (Å²) in [6.45, 7) is 15.1. The van der Waals surface area contributed by atoms with Gasteiger partial charge in [-0.25, -0.2) is 0 Å². The van der Waals surface area contributed by atoms with Gasteiger partial charge in [-0.2, -0.15) is 0 Å². The van der Waals surface area contributed by atoms with Gasteiger partial charge in [-0.3, -0.25) is 27.2 Å². The van der Waals surface area contributed by atoms with Crippen molar-refractivity contribution in [3.8, 4) is 0 Å². The summed E-state index contributed by atoms with van der Waals surface area (Å²) < 4.78 is 3.59. The van der Waals surface area contributed by atoms with Gasteiger partial charge >= 0.3 is 62.3 Å². The van der Waals surface area contributed by atoms with Crippen LogP contribution >= 0.6 is 11.3 Å². The first-order valence-corrected chi connectivity index (χ1v) is 5.39. The van der Waals surface area contributed by atoms with E-state index in [0.717, 1.165) is 0 Å². The molecule has 1 aromatic heterocycles. The number of rotatable bonds is 0. The maximum Gasteiger partial charge on any atom is -0.282 e. The third-order valence-electron chi connectivity index (χ3n) is 1.11. The number of aromatic nitrogens is 1. The van der Waals surface area contributed by atoms with E-state index in [9.17, 15) is 0 Å². The average Bonchev–Trinajstić information content (AvgIpc) is 2.70. The van der Waals surface area contributed by atoms with E-state index in [2.05, 4.69) is 51.1 Å². The number of carbonyl (C=O) groups excluding carboxylic acids is 4. The maximum atomic E-state index is 7.75. The van der Waals surface area contributed by atoms with Gasteiger partial charge in [-0.1, -0.05) is 0 Å². The molecule has 0 saturated carbocycles. The number of hydrogen-bond acceptors (Lipinski definition) is 5. The van der Waals surface area contributed by atoms with Gasteiger partial charge < -0.3 is 19.2 Å². The fourth-order valence-corrected chi connectivity index (χ4v) is 2.05. The molecule has 1 aromatic rings. The molecular weight excluding hydrogens is 408 g/mol. The summed E-state index contributed by atoms with van der Waals surface area (Å²) in [5.74, 6) is 0. The Hall–Kier alpha value is -1.05. The molecule has 0 atom stereocenters. The first kappa shape index (κ1) is 24.3. The topological polar surface area (TPSA) is 73.2 Å². The minimum Gasteiger partial charge on any atom is -0.545 e. The molecule has 0 radical (unpaired) electrons. The third-order valence-corrected chi connectivity index (χ3v) is 3.78. The molecule has 0 aromatic carbocycles. The molecule has 0 N–H and O–H groups in total. The van der Waals surface area contributed by atoms with Gasteiger partial charge in [0.15, 0.2) is 0 Å². The van der Waals surface area contributed by atoms with Crippen molar-refractivity contribution in [3.05, 3.63) is 14.2 Å². The quantitative estimate of drug-likeness (QED) is 0.450. The van der Waals surface area contributed by atoms with Crippen LogP contribution in [-0.2, 0) is 44.4 Å². The molecule has 0 fully saturated rings. The maximum absolute atomic E-state index is 7.75. The van der Waals surface area contributed by atoms with Crippen molar-refractivity contribution in [2.24, 2.45) is 7.05 Å². The molecule has 0 aliphatic carbocycles. The van der Waals surface area contributed by atoms with Crippen molar-refractivity contribution in [2.75, 3.05) is 0 Å². The summed E-state index contributed by atoms with van der Waals surface area (Å²) in [6, 6.07) is 0. The molecular formula is C9H11NO4OsS-4. The minimum absolute atomic E-state index is 1.35. The summed E-state index contributed by atoms with van der Waals surface area (Å²) in [7, 11) is 2.09. The minimum atomic E-state index is 1.35. The Kier molecular flexibility index (Phi) is 35.8. The Balaban J connectivity index is -0.0000000771. The molecule has 0 spiro atoms. The molecule has 0 aliphatic heterocycles. The van der Waals surface area contributed by atoms with Crippen LogP contribution in [0.2, 0.25) is 0 Å². The molecule has 0 amide bonds. The van der Waals surface area contributed by atoms with Crippen LogP contribution in [0, 0.1) is 10.1 Å². The second kappa shape index (κ2) is 23.6. The Bertz CT molecular complexity index is 292. The van der Waals surface area contributed by atoms with Crippen LogP contribution in [0.15, 0.2) is 5.38 Å². The number of aryl methyl sites for hydroxylation is 1. The van der Waals surface area contributed by atoms with E-state index in [1.165, 1.54) is 8.85 Å². The monoisotopic (exact) mass is 421 g/mol. The molecule has 0 bridgehead atoms. The number of hydrogen-bond donors (Lipinski definition) is 0. The average molecular weight is 419 g/mol. The first-order valence-electron chi connectivity index (χ1n) is 3.24. The predicted octanol–water partition coefficient (Wildman–Crippen LogP) is 0.377. The Labute approximate surface area is 109 Å². The van der Waals surface area contributed by atoms with Gasteiger partial charge in [0.2, 0.25) is 0 Å². The van der Waals surface area contributed by atoms with E-state index < -0.39 is 0 Å². The molecule has 94 valence electrons. The van der Waals surface area contributed by atoms with Gasteiger partial charge in [-0.15, -0.1) is 0 Å². The fraction of sp³-hybridized carbons (Fsp3) is 0.222. The van der Waals surface area contributed by atoms with Crippen LogP contribution in [0.5, 0.6) is 0 Å². The van der Waals surface area contributed by atoms with Gasteiger partial charge in [0.05, 0.1) is 0 Å². The fourth-order valence-electron chi connectivity index (χ4n) is 0.425. The van der Waals surface area contributed by atoms with Gasteiger partial charge in [-0.05, 0) is 0 Å².